The normalized spacial score (nSPS) is 36.1. The van der Waals surface area contributed by atoms with Crippen molar-refractivity contribution in [3.8, 4) is 0 Å². The van der Waals surface area contributed by atoms with Crippen molar-refractivity contribution in [3.63, 3.8) is 0 Å². The number of hydrogen-bond acceptors (Lipinski definition) is 9. The lowest BCUT2D eigenvalue weighted by atomic mass is 10.0. The van der Waals surface area contributed by atoms with Gasteiger partial charge in [-0.2, -0.15) is 0 Å². The molecular weight excluding hydrogens is 622 g/mol. The van der Waals surface area contributed by atoms with Gasteiger partial charge in [-0.05, 0) is 44.4 Å². The lowest BCUT2D eigenvalue weighted by Crippen LogP contribution is -2.58. The first kappa shape index (κ1) is 32.7. The Morgan fingerprint density at radius 2 is 1.83 bits per heavy atom. The number of hydrogen-bond donors (Lipinski definition) is 3. The maximum absolute atomic E-state index is 15.0. The number of allylic oxidation sites excluding steroid dienone is 2. The van der Waals surface area contributed by atoms with Gasteiger partial charge in [0.25, 0.3) is 5.91 Å². The highest BCUT2D eigenvalue weighted by Gasteiger charge is 2.65. The van der Waals surface area contributed by atoms with E-state index in [1.54, 1.807) is 0 Å². The minimum absolute atomic E-state index is 0.0151. The molecule has 0 aromatic rings. The van der Waals surface area contributed by atoms with Gasteiger partial charge in [-0.1, -0.05) is 44.1 Å². The van der Waals surface area contributed by atoms with Gasteiger partial charge >= 0.3 is 0 Å². The van der Waals surface area contributed by atoms with Crippen molar-refractivity contribution in [2.75, 3.05) is 6.54 Å². The third-order valence-electron chi connectivity index (χ3n) is 9.83. The van der Waals surface area contributed by atoms with Crippen molar-refractivity contribution in [3.05, 3.63) is 24.3 Å². The standard InChI is InChI=1S/C31H42F2N6O6S/c1-2-22-27(36-24-10-6-5-9-23(24)35-22)45-19-14-25-26(40)37-31(29(42)38-46(43,44)20-11-12-20)16-18(31)15-30(32,33)13-7-3-4-8-21(34)28(41)39(25)17-19/h5-6,9-10,18-21,23-25H,2-4,7-8,11-17,34H2,1H3,(H,37,40)(H,38,42)/t18-,19-,21+,23?,24?,25+,31-/m1/s1. The van der Waals surface area contributed by atoms with E-state index in [0.29, 0.717) is 43.7 Å². The molecule has 3 aliphatic heterocycles. The summed E-state index contributed by atoms with van der Waals surface area (Å²) in [5, 5.41) is 1.91. The number of alkyl halides is 2. The summed E-state index contributed by atoms with van der Waals surface area (Å²) in [5.41, 5.74) is 5.09. The number of nitrogens with two attached hydrogens (primary N) is 1. The first-order valence-corrected chi connectivity index (χ1v) is 17.8. The van der Waals surface area contributed by atoms with E-state index in [2.05, 4.69) is 5.32 Å². The molecule has 2 saturated carbocycles. The second kappa shape index (κ2) is 12.4. The maximum atomic E-state index is 15.0. The van der Waals surface area contributed by atoms with Gasteiger partial charge in [0.1, 0.15) is 17.7 Å². The first-order chi connectivity index (χ1) is 21.8. The van der Waals surface area contributed by atoms with Crippen LogP contribution in [0, 0.1) is 5.92 Å². The second-order valence-corrected chi connectivity index (χ2v) is 15.4. The molecule has 2 unspecified atom stereocenters. The third-order valence-corrected chi connectivity index (χ3v) is 11.7. The zero-order valence-corrected chi connectivity index (χ0v) is 26.7. The summed E-state index contributed by atoms with van der Waals surface area (Å²) < 4.78 is 63.7. The number of fused-ring (bicyclic) bond motifs is 3. The molecule has 0 aromatic carbocycles. The molecule has 4 fully saturated rings. The van der Waals surface area contributed by atoms with E-state index >= 15 is 8.78 Å². The lowest BCUT2D eigenvalue weighted by molar-refractivity contribution is -0.140. The molecule has 0 spiro atoms. The van der Waals surface area contributed by atoms with E-state index in [0.717, 1.165) is 0 Å². The summed E-state index contributed by atoms with van der Waals surface area (Å²) in [4.78, 5) is 51.9. The molecule has 3 amide bonds. The Hall–Kier alpha value is -3.20. The maximum Gasteiger partial charge on any atom is 0.259 e. The number of ether oxygens (including phenoxy) is 1. The van der Waals surface area contributed by atoms with Gasteiger partial charge in [0.05, 0.1) is 35.6 Å². The van der Waals surface area contributed by atoms with E-state index in [1.165, 1.54) is 4.90 Å². The van der Waals surface area contributed by atoms with E-state index < -0.39 is 81.4 Å². The predicted octanol–water partition coefficient (Wildman–Crippen LogP) is 1.90. The average Bonchev–Trinajstić information content (AvgIpc) is 3.93. The highest BCUT2D eigenvalue weighted by molar-refractivity contribution is 7.91. The zero-order chi connectivity index (χ0) is 32.9. The van der Waals surface area contributed by atoms with Crippen LogP contribution in [0.5, 0.6) is 0 Å². The SMILES string of the molecule is CCC1=NC2C=CC=CC2N=C1O[C@@H]1C[C@H]2C(=O)N[C@]3(C(=O)NS(=O)(=O)C4CC4)C[C@H]3CC(F)(F)CCCCC[C@H](N)C(=O)N2C1. The summed E-state index contributed by atoms with van der Waals surface area (Å²) in [6.07, 6.45) is 8.50. The van der Waals surface area contributed by atoms with Gasteiger partial charge in [-0.15, -0.1) is 0 Å². The average molecular weight is 665 g/mol. The summed E-state index contributed by atoms with van der Waals surface area (Å²) in [6.45, 7) is 1.94. The number of rotatable bonds is 5. The van der Waals surface area contributed by atoms with Crippen molar-refractivity contribution in [1.29, 1.82) is 0 Å². The Morgan fingerprint density at radius 3 is 2.52 bits per heavy atom. The number of nitrogens with zero attached hydrogens (tertiary/aromatic N) is 3. The number of amides is 3. The van der Waals surface area contributed by atoms with Crippen LogP contribution in [0.4, 0.5) is 8.78 Å². The highest BCUT2D eigenvalue weighted by atomic mass is 32.2. The molecule has 7 atom stereocenters. The Bertz CT molecular complexity index is 1490. The van der Waals surface area contributed by atoms with Crippen molar-refractivity contribution in [2.24, 2.45) is 21.6 Å². The van der Waals surface area contributed by atoms with Crippen molar-refractivity contribution in [1.82, 2.24) is 14.9 Å². The van der Waals surface area contributed by atoms with Crippen molar-refractivity contribution < 1.29 is 36.3 Å². The van der Waals surface area contributed by atoms with Crippen LogP contribution < -0.4 is 15.8 Å². The molecule has 0 bridgehead atoms. The number of carbonyl (C=O) groups is 3. The van der Waals surface area contributed by atoms with Crippen LogP contribution in [0.1, 0.15) is 77.6 Å². The van der Waals surface area contributed by atoms with E-state index in [1.807, 2.05) is 35.9 Å². The first-order valence-electron chi connectivity index (χ1n) is 16.3. The molecule has 4 N–H and O–H groups in total. The second-order valence-electron chi connectivity index (χ2n) is 13.4. The summed E-state index contributed by atoms with van der Waals surface area (Å²) in [6, 6.07) is -2.47. The quantitative estimate of drug-likeness (QED) is 0.403. The van der Waals surface area contributed by atoms with E-state index in [4.69, 9.17) is 20.5 Å². The van der Waals surface area contributed by atoms with E-state index in [9.17, 15) is 22.8 Å². The van der Waals surface area contributed by atoms with Crippen LogP contribution in [0.2, 0.25) is 0 Å². The molecule has 12 nitrogen and oxygen atoms in total. The number of carbonyl (C=O) groups excluding carboxylic acids is 3. The smallest absolute Gasteiger partial charge is 0.259 e. The Kier molecular flexibility index (Phi) is 8.85. The number of aliphatic imine (C=N–C) groups is 2. The number of halogens is 2. The fourth-order valence-electron chi connectivity index (χ4n) is 6.91. The van der Waals surface area contributed by atoms with Gasteiger partial charge in [0.2, 0.25) is 33.7 Å². The van der Waals surface area contributed by atoms with Crippen molar-refractivity contribution in [2.45, 2.75) is 125 Å². The molecule has 6 aliphatic rings. The molecule has 6 rings (SSSR count). The summed E-state index contributed by atoms with van der Waals surface area (Å²) in [5.74, 6) is -6.02. The van der Waals surface area contributed by atoms with E-state index in [-0.39, 0.29) is 44.3 Å². The topological polar surface area (TPSA) is 173 Å². The summed E-state index contributed by atoms with van der Waals surface area (Å²) >= 11 is 0. The van der Waals surface area contributed by atoms with Crippen LogP contribution in [0.15, 0.2) is 34.3 Å². The molecule has 3 heterocycles. The Balaban J connectivity index is 1.26. The third kappa shape index (κ3) is 6.76. The van der Waals surface area contributed by atoms with Gasteiger partial charge in [-0.3, -0.25) is 24.1 Å². The molecule has 46 heavy (non-hydrogen) atoms. The Morgan fingerprint density at radius 1 is 1.11 bits per heavy atom. The summed E-state index contributed by atoms with van der Waals surface area (Å²) in [7, 11) is -4.01. The molecule has 2 saturated heterocycles. The minimum atomic E-state index is -4.01. The van der Waals surface area contributed by atoms with Gasteiger partial charge in [0.15, 0.2) is 0 Å². The molecule has 252 valence electrons. The van der Waals surface area contributed by atoms with Crippen LogP contribution >= 0.6 is 0 Å². The molecule has 3 aliphatic carbocycles. The zero-order valence-electron chi connectivity index (χ0n) is 25.9. The van der Waals surface area contributed by atoms with Gasteiger partial charge in [-0.25, -0.2) is 22.2 Å². The monoisotopic (exact) mass is 664 g/mol. The lowest BCUT2D eigenvalue weighted by Gasteiger charge is -2.28. The molecular formula is C31H42F2N6O6S. The van der Waals surface area contributed by atoms with Gasteiger partial charge in [0, 0.05) is 19.3 Å². The van der Waals surface area contributed by atoms with Crippen LogP contribution in [0.3, 0.4) is 0 Å². The largest absolute Gasteiger partial charge is 0.471 e. The molecule has 0 aromatic heterocycles. The van der Waals surface area contributed by atoms with Gasteiger partial charge < -0.3 is 20.7 Å². The minimum Gasteiger partial charge on any atom is -0.471 e. The van der Waals surface area contributed by atoms with Crippen LogP contribution in [-0.2, 0) is 29.1 Å². The fourth-order valence-corrected chi connectivity index (χ4v) is 8.28. The molecule has 0 radical (unpaired) electrons. The van der Waals surface area contributed by atoms with Crippen LogP contribution in [0.25, 0.3) is 0 Å². The fraction of sp³-hybridized carbons (Fsp3) is 0.710. The van der Waals surface area contributed by atoms with Crippen LogP contribution in [-0.4, -0.2) is 96.2 Å². The van der Waals surface area contributed by atoms with Crippen molar-refractivity contribution >= 4 is 39.4 Å². The number of nitrogens with one attached hydrogen (secondary N) is 2. The predicted molar refractivity (Wildman–Crippen MR) is 166 cm³/mol. The number of sulfonamides is 1. The highest BCUT2D eigenvalue weighted by Crippen LogP contribution is 2.51. The molecule has 15 heteroatoms. The Labute approximate surface area is 267 Å².